The molecule has 1 aliphatic rings. The minimum atomic E-state index is -0.320. The van der Waals surface area contributed by atoms with Crippen LogP contribution in [0.3, 0.4) is 0 Å². The second kappa shape index (κ2) is 8.56. The number of nitrogens with two attached hydrogens (primary N) is 1. The van der Waals surface area contributed by atoms with Gasteiger partial charge in [0.25, 0.3) is 0 Å². The summed E-state index contributed by atoms with van der Waals surface area (Å²) in [6, 6.07) is -0.154. The predicted octanol–water partition coefficient (Wildman–Crippen LogP) is 4.26. The van der Waals surface area contributed by atoms with E-state index in [1.165, 1.54) is 0 Å². The summed E-state index contributed by atoms with van der Waals surface area (Å²) in [4.78, 5) is 23.2. The summed E-state index contributed by atoms with van der Waals surface area (Å²) < 4.78 is 8.09. The van der Waals surface area contributed by atoms with Crippen molar-refractivity contribution in [2.45, 2.75) is 39.2 Å². The van der Waals surface area contributed by atoms with E-state index in [2.05, 4.69) is 38.9 Å². The number of aromatic nitrogens is 3. The number of rotatable bonds is 5. The van der Waals surface area contributed by atoms with Crippen molar-refractivity contribution in [1.82, 2.24) is 19.3 Å². The fourth-order valence-electron chi connectivity index (χ4n) is 3.41. The maximum Gasteiger partial charge on any atom is 0.410 e. The molecule has 3 heterocycles. The molecule has 27 heavy (non-hydrogen) atoms. The van der Waals surface area contributed by atoms with Gasteiger partial charge >= 0.3 is 6.09 Å². The molecule has 8 heteroatoms. The molecule has 1 fully saturated rings. The number of allylic oxidation sites excluding steroid dienone is 2. The van der Waals surface area contributed by atoms with E-state index in [0.717, 1.165) is 30.7 Å². The van der Waals surface area contributed by atoms with Crippen LogP contribution < -0.4 is 5.73 Å². The lowest BCUT2D eigenvalue weighted by molar-refractivity contribution is 0.105. The summed E-state index contributed by atoms with van der Waals surface area (Å²) in [5, 5.41) is 0. The first-order chi connectivity index (χ1) is 13.1. The minimum absolute atomic E-state index is 0.154. The highest BCUT2D eigenvalue weighted by Crippen LogP contribution is 2.35. The van der Waals surface area contributed by atoms with Crippen molar-refractivity contribution in [1.29, 1.82) is 0 Å². The standard InChI is InChI=1S/C19H24BrN5O2/c1-3-6-13(7-4-2)12-27-19(26)24-10-5-8-14(24)18-23-16(20)15-17(21)22-9-11-25(15)18/h3,6-7,9,11,14H,4-5,8,10,12H2,1-2H3,(H2,21,22)/b6-3-,13-7+. The Labute approximate surface area is 167 Å². The van der Waals surface area contributed by atoms with Crippen LogP contribution in [-0.4, -0.2) is 38.5 Å². The Morgan fingerprint density at radius 1 is 1.52 bits per heavy atom. The summed E-state index contributed by atoms with van der Waals surface area (Å²) in [6.07, 6.45) is 11.7. The van der Waals surface area contributed by atoms with Crippen molar-refractivity contribution in [2.24, 2.45) is 0 Å². The number of nitrogens with zero attached hydrogens (tertiary/aromatic N) is 4. The van der Waals surface area contributed by atoms with Crippen molar-refractivity contribution < 1.29 is 9.53 Å². The Morgan fingerprint density at radius 3 is 3.07 bits per heavy atom. The van der Waals surface area contributed by atoms with E-state index in [4.69, 9.17) is 10.5 Å². The van der Waals surface area contributed by atoms with Gasteiger partial charge in [0.2, 0.25) is 0 Å². The van der Waals surface area contributed by atoms with Gasteiger partial charge in [-0.2, -0.15) is 0 Å². The van der Waals surface area contributed by atoms with Gasteiger partial charge in [0.15, 0.2) is 5.82 Å². The number of anilines is 1. The van der Waals surface area contributed by atoms with Crippen LogP contribution in [0.4, 0.5) is 10.6 Å². The molecule has 1 unspecified atom stereocenters. The van der Waals surface area contributed by atoms with Crippen LogP contribution in [0.15, 0.2) is 40.8 Å². The molecule has 0 radical (unpaired) electrons. The first-order valence-electron chi connectivity index (χ1n) is 9.09. The van der Waals surface area contributed by atoms with Gasteiger partial charge in [0.1, 0.15) is 22.6 Å². The number of carbonyl (C=O) groups is 1. The zero-order chi connectivity index (χ0) is 19.4. The molecule has 7 nitrogen and oxygen atoms in total. The minimum Gasteiger partial charge on any atom is -0.445 e. The van der Waals surface area contributed by atoms with Gasteiger partial charge in [0.05, 0.1) is 6.04 Å². The molecule has 1 aliphatic heterocycles. The fraction of sp³-hybridized carbons (Fsp3) is 0.421. The fourth-order valence-corrected chi connectivity index (χ4v) is 3.99. The van der Waals surface area contributed by atoms with Gasteiger partial charge in [-0.05, 0) is 47.7 Å². The van der Waals surface area contributed by atoms with E-state index in [9.17, 15) is 4.79 Å². The number of ether oxygens (including phenoxy) is 1. The Kier molecular flexibility index (Phi) is 6.15. The topological polar surface area (TPSA) is 85.8 Å². The summed E-state index contributed by atoms with van der Waals surface area (Å²) in [7, 11) is 0. The third-order valence-corrected chi connectivity index (χ3v) is 5.12. The number of carbonyl (C=O) groups excluding carboxylic acids is 1. The number of imidazole rings is 1. The molecule has 1 amide bonds. The Bertz CT molecular complexity index is 890. The number of amides is 1. The molecule has 1 atom stereocenters. The van der Waals surface area contributed by atoms with Gasteiger partial charge in [0, 0.05) is 18.9 Å². The Morgan fingerprint density at radius 2 is 2.33 bits per heavy atom. The molecule has 0 spiro atoms. The van der Waals surface area contributed by atoms with E-state index in [0.29, 0.717) is 22.5 Å². The lowest BCUT2D eigenvalue weighted by Gasteiger charge is -2.23. The highest BCUT2D eigenvalue weighted by molar-refractivity contribution is 9.10. The molecule has 144 valence electrons. The van der Waals surface area contributed by atoms with Gasteiger partial charge in [-0.15, -0.1) is 0 Å². The van der Waals surface area contributed by atoms with Crippen LogP contribution in [0.1, 0.15) is 45.0 Å². The van der Waals surface area contributed by atoms with E-state index in [-0.39, 0.29) is 18.7 Å². The SMILES string of the molecule is C/C=C\C(=C/CC)COC(=O)N1CCCC1c1nc(Br)c2c(N)nccn12. The maximum atomic E-state index is 12.7. The van der Waals surface area contributed by atoms with Crippen molar-refractivity contribution in [3.05, 3.63) is 46.6 Å². The van der Waals surface area contributed by atoms with Crippen molar-refractivity contribution in [2.75, 3.05) is 18.9 Å². The number of likely N-dealkylation sites (tertiary alicyclic amines) is 1. The van der Waals surface area contributed by atoms with Crippen LogP contribution >= 0.6 is 15.9 Å². The smallest absolute Gasteiger partial charge is 0.410 e. The molecular formula is C19H24BrN5O2. The Hall–Kier alpha value is -2.35. The normalized spacial score (nSPS) is 18.0. The Balaban J connectivity index is 1.81. The van der Waals surface area contributed by atoms with Gasteiger partial charge < -0.3 is 10.5 Å². The van der Waals surface area contributed by atoms with Crippen molar-refractivity contribution >= 4 is 33.4 Å². The zero-order valence-corrected chi connectivity index (χ0v) is 17.1. The maximum absolute atomic E-state index is 12.7. The quantitative estimate of drug-likeness (QED) is 0.711. The molecule has 1 saturated heterocycles. The second-order valence-electron chi connectivity index (χ2n) is 6.39. The number of halogens is 1. The average Bonchev–Trinajstić information content (AvgIpc) is 3.25. The number of nitrogen functional groups attached to an aromatic ring is 1. The first-order valence-corrected chi connectivity index (χ1v) is 9.89. The molecule has 3 rings (SSSR count). The number of hydrogen-bond acceptors (Lipinski definition) is 5. The zero-order valence-electron chi connectivity index (χ0n) is 15.6. The van der Waals surface area contributed by atoms with Crippen molar-refractivity contribution in [3.63, 3.8) is 0 Å². The highest BCUT2D eigenvalue weighted by Gasteiger charge is 2.34. The summed E-state index contributed by atoms with van der Waals surface area (Å²) in [5.41, 5.74) is 7.70. The molecule has 0 aromatic carbocycles. The molecule has 2 aromatic rings. The average molecular weight is 434 g/mol. The second-order valence-corrected chi connectivity index (χ2v) is 7.14. The van der Waals surface area contributed by atoms with Crippen LogP contribution in [-0.2, 0) is 4.74 Å². The predicted molar refractivity (Wildman–Crippen MR) is 108 cm³/mol. The third-order valence-electron chi connectivity index (χ3n) is 4.56. The van der Waals surface area contributed by atoms with E-state index >= 15 is 0 Å². The largest absolute Gasteiger partial charge is 0.445 e. The number of fused-ring (bicyclic) bond motifs is 1. The van der Waals surface area contributed by atoms with E-state index in [1.54, 1.807) is 11.1 Å². The number of hydrogen-bond donors (Lipinski definition) is 1. The molecule has 2 aromatic heterocycles. The van der Waals surface area contributed by atoms with Crippen LogP contribution in [0.2, 0.25) is 0 Å². The first kappa shape index (κ1) is 19.4. The summed E-state index contributed by atoms with van der Waals surface area (Å²) in [5.74, 6) is 1.16. The summed E-state index contributed by atoms with van der Waals surface area (Å²) in [6.45, 7) is 4.92. The van der Waals surface area contributed by atoms with Crippen LogP contribution in [0, 0.1) is 0 Å². The monoisotopic (exact) mass is 433 g/mol. The third kappa shape index (κ3) is 4.00. The van der Waals surface area contributed by atoms with Crippen LogP contribution in [0.5, 0.6) is 0 Å². The summed E-state index contributed by atoms with van der Waals surface area (Å²) >= 11 is 3.46. The molecular weight excluding hydrogens is 410 g/mol. The van der Waals surface area contributed by atoms with Crippen molar-refractivity contribution in [3.8, 4) is 0 Å². The molecule has 0 aliphatic carbocycles. The van der Waals surface area contributed by atoms with Gasteiger partial charge in [-0.1, -0.05) is 25.2 Å². The van der Waals surface area contributed by atoms with Gasteiger partial charge in [-0.25, -0.2) is 14.8 Å². The van der Waals surface area contributed by atoms with Gasteiger partial charge in [-0.3, -0.25) is 9.30 Å². The lowest BCUT2D eigenvalue weighted by Crippen LogP contribution is -2.32. The highest BCUT2D eigenvalue weighted by atomic mass is 79.9. The van der Waals surface area contributed by atoms with E-state index < -0.39 is 0 Å². The molecule has 0 saturated carbocycles. The molecule has 2 N–H and O–H groups in total. The van der Waals surface area contributed by atoms with Crippen LogP contribution in [0.25, 0.3) is 5.52 Å². The molecule has 0 bridgehead atoms. The van der Waals surface area contributed by atoms with E-state index in [1.807, 2.05) is 29.7 Å². The lowest BCUT2D eigenvalue weighted by atomic mass is 10.2.